The molecule has 0 unspecified atom stereocenters. The van der Waals surface area contributed by atoms with Crippen molar-refractivity contribution < 1.29 is 18.7 Å². The highest BCUT2D eigenvalue weighted by Gasteiger charge is 2.40. The molecule has 0 aliphatic carbocycles. The summed E-state index contributed by atoms with van der Waals surface area (Å²) in [7, 11) is 1.50. The molecule has 7 nitrogen and oxygen atoms in total. The van der Waals surface area contributed by atoms with Crippen LogP contribution >= 0.6 is 0 Å². The van der Waals surface area contributed by atoms with Crippen LogP contribution in [-0.4, -0.2) is 59.4 Å². The van der Waals surface area contributed by atoms with Crippen molar-refractivity contribution in [1.82, 2.24) is 14.8 Å². The SMILES string of the molecule is COc1ccc(C(=O)N2C[C@H]3CC[C@@H]2CN(C(=O)c2ccccn2)C3)o1. The maximum Gasteiger partial charge on any atom is 0.290 e. The zero-order valence-corrected chi connectivity index (χ0v) is 14.6. The second-order valence-electron chi connectivity index (χ2n) is 6.80. The van der Waals surface area contributed by atoms with E-state index < -0.39 is 0 Å². The molecular weight excluding hydrogens is 334 g/mol. The van der Waals surface area contributed by atoms with Crippen molar-refractivity contribution in [3.05, 3.63) is 48.0 Å². The minimum atomic E-state index is -0.143. The van der Waals surface area contributed by atoms with Crippen molar-refractivity contribution >= 4 is 11.8 Å². The number of pyridine rings is 1. The summed E-state index contributed by atoms with van der Waals surface area (Å²) in [4.78, 5) is 33.5. The molecule has 0 radical (unpaired) electrons. The van der Waals surface area contributed by atoms with Crippen molar-refractivity contribution in [3.63, 3.8) is 0 Å². The first-order valence-corrected chi connectivity index (χ1v) is 8.81. The molecule has 2 aromatic heterocycles. The lowest BCUT2D eigenvalue weighted by Gasteiger charge is -2.35. The van der Waals surface area contributed by atoms with E-state index in [1.165, 1.54) is 7.11 Å². The maximum atomic E-state index is 12.9. The molecule has 7 heteroatoms. The monoisotopic (exact) mass is 355 g/mol. The number of fused-ring (bicyclic) bond motifs is 4. The van der Waals surface area contributed by atoms with Crippen LogP contribution in [0.15, 0.2) is 40.9 Å². The standard InChI is InChI=1S/C19H21N3O4/c1-25-17-8-7-16(26-17)19(24)22-11-13-5-6-14(22)12-21(10-13)18(23)15-4-2-3-9-20-15/h2-4,7-9,13-14H,5-6,10-12H2,1H3/t13-,14+/m0/s1. The highest BCUT2D eigenvalue weighted by molar-refractivity contribution is 5.93. The van der Waals surface area contributed by atoms with E-state index in [1.54, 1.807) is 30.5 Å². The van der Waals surface area contributed by atoms with Gasteiger partial charge in [-0.25, -0.2) is 0 Å². The van der Waals surface area contributed by atoms with E-state index in [0.29, 0.717) is 31.3 Å². The smallest absolute Gasteiger partial charge is 0.290 e. The third kappa shape index (κ3) is 3.05. The molecule has 0 spiro atoms. The molecule has 3 saturated heterocycles. The van der Waals surface area contributed by atoms with Gasteiger partial charge in [-0.2, -0.15) is 0 Å². The van der Waals surface area contributed by atoms with Crippen molar-refractivity contribution in [1.29, 1.82) is 0 Å². The number of furan rings is 1. The fourth-order valence-corrected chi connectivity index (χ4v) is 3.83. The molecule has 3 aliphatic heterocycles. The Bertz CT molecular complexity index is 804. The van der Waals surface area contributed by atoms with Gasteiger partial charge in [-0.05, 0) is 37.0 Å². The van der Waals surface area contributed by atoms with Crippen molar-refractivity contribution in [3.8, 4) is 5.95 Å². The number of carbonyl (C=O) groups excluding carboxylic acids is 2. The van der Waals surface area contributed by atoms with Gasteiger partial charge in [-0.3, -0.25) is 14.6 Å². The quantitative estimate of drug-likeness (QED) is 0.842. The van der Waals surface area contributed by atoms with Gasteiger partial charge in [0.1, 0.15) is 5.69 Å². The second-order valence-corrected chi connectivity index (χ2v) is 6.80. The summed E-state index contributed by atoms with van der Waals surface area (Å²) >= 11 is 0. The Morgan fingerprint density at radius 2 is 2.00 bits per heavy atom. The molecule has 5 rings (SSSR count). The number of hydrogen-bond donors (Lipinski definition) is 0. The predicted octanol–water partition coefficient (Wildman–Crippen LogP) is 2.06. The summed E-state index contributed by atoms with van der Waals surface area (Å²) in [6, 6.07) is 8.60. The molecule has 2 bridgehead atoms. The van der Waals surface area contributed by atoms with Gasteiger partial charge in [0.25, 0.3) is 17.8 Å². The minimum absolute atomic E-state index is 0.00925. The van der Waals surface area contributed by atoms with Crippen LogP contribution in [0.2, 0.25) is 0 Å². The third-order valence-electron chi connectivity index (χ3n) is 5.14. The molecular formula is C19H21N3O4. The summed E-state index contributed by atoms with van der Waals surface area (Å²) < 4.78 is 10.5. The first kappa shape index (κ1) is 16.6. The van der Waals surface area contributed by atoms with Crippen LogP contribution in [0.25, 0.3) is 0 Å². The number of piperidine rings is 1. The van der Waals surface area contributed by atoms with Gasteiger partial charge in [0, 0.05) is 37.9 Å². The largest absolute Gasteiger partial charge is 0.468 e. The average molecular weight is 355 g/mol. The fourth-order valence-electron chi connectivity index (χ4n) is 3.83. The predicted molar refractivity (Wildman–Crippen MR) is 92.9 cm³/mol. The Hall–Kier alpha value is -2.83. The summed E-state index contributed by atoms with van der Waals surface area (Å²) in [6.07, 6.45) is 3.53. The second kappa shape index (κ2) is 6.82. The molecule has 2 amide bonds. The van der Waals surface area contributed by atoms with Gasteiger partial charge in [0.15, 0.2) is 5.76 Å². The Kier molecular flexibility index (Phi) is 4.36. The fraction of sp³-hybridized carbons (Fsp3) is 0.421. The van der Waals surface area contributed by atoms with Crippen LogP contribution in [0.3, 0.4) is 0 Å². The maximum absolute atomic E-state index is 12.9. The minimum Gasteiger partial charge on any atom is -0.468 e. The molecule has 2 atom stereocenters. The van der Waals surface area contributed by atoms with Crippen molar-refractivity contribution in [2.24, 2.45) is 5.92 Å². The lowest BCUT2D eigenvalue weighted by atomic mass is 9.95. The van der Waals surface area contributed by atoms with Gasteiger partial charge in [0.2, 0.25) is 0 Å². The molecule has 3 aliphatic rings. The summed E-state index contributed by atoms with van der Waals surface area (Å²) in [5, 5.41) is 0. The molecule has 0 aromatic carbocycles. The number of nitrogens with zero attached hydrogens (tertiary/aromatic N) is 3. The number of aromatic nitrogens is 1. The van der Waals surface area contributed by atoms with Crippen LogP contribution in [0, 0.1) is 5.92 Å². The van der Waals surface area contributed by atoms with E-state index in [2.05, 4.69) is 4.98 Å². The lowest BCUT2D eigenvalue weighted by Crippen LogP contribution is -2.47. The van der Waals surface area contributed by atoms with Crippen molar-refractivity contribution in [2.45, 2.75) is 18.9 Å². The number of ether oxygens (including phenoxy) is 1. The van der Waals surface area contributed by atoms with E-state index >= 15 is 0 Å². The van der Waals surface area contributed by atoms with Crippen LogP contribution in [0.4, 0.5) is 0 Å². The Morgan fingerprint density at radius 3 is 2.73 bits per heavy atom. The lowest BCUT2D eigenvalue weighted by molar-refractivity contribution is 0.0539. The van der Waals surface area contributed by atoms with Gasteiger partial charge in [0.05, 0.1) is 7.11 Å². The van der Waals surface area contributed by atoms with E-state index in [1.807, 2.05) is 15.9 Å². The normalized spacial score (nSPS) is 22.2. The molecule has 0 N–H and O–H groups in total. The third-order valence-corrected chi connectivity index (χ3v) is 5.14. The Balaban J connectivity index is 1.53. The van der Waals surface area contributed by atoms with Gasteiger partial charge >= 0.3 is 0 Å². The zero-order valence-electron chi connectivity index (χ0n) is 14.6. The number of carbonyl (C=O) groups is 2. The molecule has 2 aromatic rings. The highest BCUT2D eigenvalue weighted by Crippen LogP contribution is 2.30. The molecule has 0 saturated carbocycles. The van der Waals surface area contributed by atoms with Gasteiger partial charge < -0.3 is 19.0 Å². The van der Waals surface area contributed by atoms with Gasteiger partial charge in [-0.15, -0.1) is 0 Å². The first-order chi connectivity index (χ1) is 12.7. The van der Waals surface area contributed by atoms with E-state index in [9.17, 15) is 9.59 Å². The van der Waals surface area contributed by atoms with Crippen LogP contribution < -0.4 is 4.74 Å². The molecule has 5 heterocycles. The topological polar surface area (TPSA) is 75.9 Å². The zero-order chi connectivity index (χ0) is 18.1. The summed E-state index contributed by atoms with van der Waals surface area (Å²) in [5.74, 6) is 0.645. The van der Waals surface area contributed by atoms with Crippen LogP contribution in [-0.2, 0) is 0 Å². The first-order valence-electron chi connectivity index (χ1n) is 8.81. The Labute approximate surface area is 151 Å². The van der Waals surface area contributed by atoms with E-state index in [4.69, 9.17) is 9.15 Å². The summed E-state index contributed by atoms with van der Waals surface area (Å²) in [5.41, 5.74) is 0.447. The molecule has 26 heavy (non-hydrogen) atoms. The molecule has 3 fully saturated rings. The van der Waals surface area contributed by atoms with Crippen LogP contribution in [0.1, 0.15) is 33.9 Å². The highest BCUT2D eigenvalue weighted by atomic mass is 16.6. The molecule has 136 valence electrons. The summed E-state index contributed by atoms with van der Waals surface area (Å²) in [6.45, 7) is 1.81. The van der Waals surface area contributed by atoms with Gasteiger partial charge in [-0.1, -0.05) is 6.07 Å². The van der Waals surface area contributed by atoms with E-state index in [0.717, 1.165) is 12.8 Å². The number of amides is 2. The number of hydrogen-bond acceptors (Lipinski definition) is 5. The average Bonchev–Trinajstić information content (AvgIpc) is 2.98. The number of rotatable bonds is 3. The van der Waals surface area contributed by atoms with E-state index in [-0.39, 0.29) is 29.5 Å². The van der Waals surface area contributed by atoms with Crippen molar-refractivity contribution in [2.75, 3.05) is 26.7 Å². The Morgan fingerprint density at radius 1 is 1.12 bits per heavy atom. The van der Waals surface area contributed by atoms with Crippen LogP contribution in [0.5, 0.6) is 5.95 Å². The number of methoxy groups -OCH3 is 1.